The molecule has 1 atom stereocenters. The molecule has 1 saturated heterocycles. The second-order valence-electron chi connectivity index (χ2n) is 6.81. The van der Waals surface area contributed by atoms with Gasteiger partial charge in [0.15, 0.2) is 5.52 Å². The highest BCUT2D eigenvalue weighted by Gasteiger charge is 2.20. The van der Waals surface area contributed by atoms with Gasteiger partial charge in [0, 0.05) is 61.6 Å². The number of likely N-dealkylation sites (N-methyl/N-ethyl adjacent to an activating group) is 1. The van der Waals surface area contributed by atoms with E-state index in [2.05, 4.69) is 34.1 Å². The van der Waals surface area contributed by atoms with E-state index in [-0.39, 0.29) is 10.6 Å². The van der Waals surface area contributed by atoms with Gasteiger partial charge in [0.2, 0.25) is 0 Å². The van der Waals surface area contributed by atoms with Crippen molar-refractivity contribution in [2.24, 2.45) is 0 Å². The highest BCUT2D eigenvalue weighted by Crippen LogP contribution is 2.29. The van der Waals surface area contributed by atoms with Crippen molar-refractivity contribution in [1.29, 1.82) is 0 Å². The number of non-ortho nitro benzene ring substituents is 1. The molecule has 0 spiro atoms. The van der Waals surface area contributed by atoms with Gasteiger partial charge >= 0.3 is 0 Å². The summed E-state index contributed by atoms with van der Waals surface area (Å²) in [6.07, 6.45) is 0. The number of hydrogen-bond donors (Lipinski definition) is 1. The summed E-state index contributed by atoms with van der Waals surface area (Å²) in [6.45, 7) is 9.21. The maximum absolute atomic E-state index is 11.3. The Morgan fingerprint density at radius 1 is 1.32 bits per heavy atom. The van der Waals surface area contributed by atoms with Crippen molar-refractivity contribution < 1.29 is 4.92 Å². The van der Waals surface area contributed by atoms with Crippen molar-refractivity contribution in [3.8, 4) is 0 Å². The van der Waals surface area contributed by atoms with Crippen LogP contribution in [0.5, 0.6) is 0 Å². The summed E-state index contributed by atoms with van der Waals surface area (Å²) in [5.41, 5.74) is 2.18. The standard InChI is InChI=1S/C18H25N5O2/c1-13-11-16(15-5-4-6-17(23(24)25)18(15)20-13)19-12-14(2)22-9-7-21(3)8-10-22/h4-6,11,14H,7-10,12H2,1-3H3,(H,19,20). The second-order valence-corrected chi connectivity index (χ2v) is 6.81. The number of fused-ring (bicyclic) bond motifs is 1. The van der Waals surface area contributed by atoms with Crippen LogP contribution in [0.4, 0.5) is 11.4 Å². The van der Waals surface area contributed by atoms with Gasteiger partial charge in [0.1, 0.15) is 0 Å². The quantitative estimate of drug-likeness (QED) is 0.664. The number of nitrogens with zero attached hydrogens (tertiary/aromatic N) is 4. The summed E-state index contributed by atoms with van der Waals surface area (Å²) in [6, 6.07) is 7.47. The smallest absolute Gasteiger partial charge is 0.295 e. The van der Waals surface area contributed by atoms with Crippen molar-refractivity contribution in [2.75, 3.05) is 45.1 Å². The zero-order chi connectivity index (χ0) is 18.0. The van der Waals surface area contributed by atoms with Gasteiger partial charge in [-0.1, -0.05) is 12.1 Å². The molecule has 1 aromatic heterocycles. The molecule has 2 aromatic rings. The summed E-state index contributed by atoms with van der Waals surface area (Å²) in [5, 5.41) is 15.6. The maximum Gasteiger partial charge on any atom is 0.295 e. The first-order chi connectivity index (χ1) is 12.0. The van der Waals surface area contributed by atoms with E-state index in [1.165, 1.54) is 6.07 Å². The first-order valence-electron chi connectivity index (χ1n) is 8.67. The minimum absolute atomic E-state index is 0.0522. The Kier molecular flexibility index (Phi) is 5.15. The van der Waals surface area contributed by atoms with Crippen LogP contribution in [0.1, 0.15) is 12.6 Å². The zero-order valence-corrected chi connectivity index (χ0v) is 15.0. The highest BCUT2D eigenvalue weighted by molar-refractivity contribution is 5.96. The van der Waals surface area contributed by atoms with Gasteiger partial charge in [-0.15, -0.1) is 0 Å². The number of rotatable bonds is 5. The van der Waals surface area contributed by atoms with Crippen LogP contribution >= 0.6 is 0 Å². The van der Waals surface area contributed by atoms with Gasteiger partial charge in [-0.25, -0.2) is 4.98 Å². The van der Waals surface area contributed by atoms with E-state index in [1.807, 2.05) is 19.1 Å². The topological polar surface area (TPSA) is 74.5 Å². The van der Waals surface area contributed by atoms with Crippen molar-refractivity contribution >= 4 is 22.3 Å². The van der Waals surface area contributed by atoms with Crippen molar-refractivity contribution in [3.63, 3.8) is 0 Å². The normalized spacial score (nSPS) is 17.6. The number of pyridine rings is 1. The van der Waals surface area contributed by atoms with Crippen LogP contribution in [-0.4, -0.2) is 65.5 Å². The first-order valence-corrected chi connectivity index (χ1v) is 8.67. The number of nitro benzene ring substituents is 1. The summed E-state index contributed by atoms with van der Waals surface area (Å²) in [4.78, 5) is 20.1. The van der Waals surface area contributed by atoms with Crippen LogP contribution in [0.25, 0.3) is 10.9 Å². The zero-order valence-electron chi connectivity index (χ0n) is 15.0. The minimum Gasteiger partial charge on any atom is -0.383 e. The molecule has 1 aliphatic rings. The molecule has 0 aliphatic carbocycles. The molecule has 25 heavy (non-hydrogen) atoms. The Labute approximate surface area is 147 Å². The molecular formula is C18H25N5O2. The predicted octanol–water partition coefficient (Wildman–Crippen LogP) is 2.50. The molecule has 0 saturated carbocycles. The average Bonchev–Trinajstić information content (AvgIpc) is 2.59. The number of anilines is 1. The lowest BCUT2D eigenvalue weighted by molar-refractivity contribution is -0.383. The molecule has 1 aliphatic heterocycles. The summed E-state index contributed by atoms with van der Waals surface area (Å²) < 4.78 is 0. The summed E-state index contributed by atoms with van der Waals surface area (Å²) in [5.74, 6) is 0. The highest BCUT2D eigenvalue weighted by atomic mass is 16.6. The van der Waals surface area contributed by atoms with Gasteiger partial charge in [-0.2, -0.15) is 0 Å². The number of hydrogen-bond acceptors (Lipinski definition) is 6. The van der Waals surface area contributed by atoms with Gasteiger partial charge < -0.3 is 10.2 Å². The second kappa shape index (κ2) is 7.33. The van der Waals surface area contributed by atoms with E-state index in [0.29, 0.717) is 11.6 Å². The van der Waals surface area contributed by atoms with Crippen LogP contribution in [-0.2, 0) is 0 Å². The van der Waals surface area contributed by atoms with Crippen LogP contribution in [0.15, 0.2) is 24.3 Å². The van der Waals surface area contributed by atoms with Crippen molar-refractivity contribution in [3.05, 3.63) is 40.1 Å². The Hall–Kier alpha value is -2.25. The van der Waals surface area contributed by atoms with E-state index in [1.54, 1.807) is 6.07 Å². The van der Waals surface area contributed by atoms with Crippen LogP contribution in [0, 0.1) is 17.0 Å². The van der Waals surface area contributed by atoms with Gasteiger partial charge in [0.05, 0.1) is 4.92 Å². The van der Waals surface area contributed by atoms with E-state index < -0.39 is 0 Å². The molecule has 134 valence electrons. The number of nitrogens with one attached hydrogen (secondary N) is 1. The number of piperazine rings is 1. The number of aryl methyl sites for hydroxylation is 1. The van der Waals surface area contributed by atoms with Crippen molar-refractivity contribution in [2.45, 2.75) is 19.9 Å². The van der Waals surface area contributed by atoms with Crippen molar-refractivity contribution in [1.82, 2.24) is 14.8 Å². The molecule has 0 bridgehead atoms. The van der Waals surface area contributed by atoms with E-state index in [9.17, 15) is 10.1 Å². The third-order valence-corrected chi connectivity index (χ3v) is 4.89. The first kappa shape index (κ1) is 17.6. The van der Waals surface area contributed by atoms with E-state index in [4.69, 9.17) is 0 Å². The van der Waals surface area contributed by atoms with Gasteiger partial charge in [-0.05, 0) is 27.0 Å². The number of aromatic nitrogens is 1. The Morgan fingerprint density at radius 3 is 2.72 bits per heavy atom. The number of para-hydroxylation sites is 1. The largest absolute Gasteiger partial charge is 0.383 e. The SMILES string of the molecule is Cc1cc(NCC(C)N2CCN(C)CC2)c2cccc([N+](=O)[O-])c2n1. The van der Waals surface area contributed by atoms with Gasteiger partial charge in [0.25, 0.3) is 5.69 Å². The fourth-order valence-electron chi connectivity index (χ4n) is 3.30. The number of benzene rings is 1. The average molecular weight is 343 g/mol. The Balaban J connectivity index is 1.79. The molecular weight excluding hydrogens is 318 g/mol. The predicted molar refractivity (Wildman–Crippen MR) is 100 cm³/mol. The minimum atomic E-state index is -0.370. The fraction of sp³-hybridized carbons (Fsp3) is 0.500. The summed E-state index contributed by atoms with van der Waals surface area (Å²) >= 11 is 0. The molecule has 0 amide bonds. The third-order valence-electron chi connectivity index (χ3n) is 4.89. The van der Waals surface area contributed by atoms with E-state index in [0.717, 1.165) is 49.5 Å². The molecule has 3 rings (SSSR count). The maximum atomic E-state index is 11.3. The fourth-order valence-corrected chi connectivity index (χ4v) is 3.30. The number of nitro groups is 1. The van der Waals surface area contributed by atoms with Crippen LogP contribution in [0.3, 0.4) is 0 Å². The molecule has 7 heteroatoms. The Bertz CT molecular complexity index is 771. The molecule has 1 aromatic carbocycles. The molecule has 2 heterocycles. The summed E-state index contributed by atoms with van der Waals surface area (Å²) in [7, 11) is 2.15. The van der Waals surface area contributed by atoms with E-state index >= 15 is 0 Å². The lowest BCUT2D eigenvalue weighted by Crippen LogP contribution is -2.49. The monoisotopic (exact) mass is 343 g/mol. The molecule has 7 nitrogen and oxygen atoms in total. The lowest BCUT2D eigenvalue weighted by atomic mass is 10.1. The van der Waals surface area contributed by atoms with Crippen LogP contribution < -0.4 is 5.32 Å². The Morgan fingerprint density at radius 2 is 2.04 bits per heavy atom. The molecule has 1 N–H and O–H groups in total. The van der Waals surface area contributed by atoms with Gasteiger partial charge in [-0.3, -0.25) is 15.0 Å². The molecule has 1 unspecified atom stereocenters. The third kappa shape index (κ3) is 3.88. The van der Waals surface area contributed by atoms with Crippen LogP contribution in [0.2, 0.25) is 0 Å². The molecule has 0 radical (unpaired) electrons. The molecule has 1 fully saturated rings. The lowest BCUT2D eigenvalue weighted by Gasteiger charge is -2.36.